The molecule has 0 aliphatic rings. The maximum atomic E-state index is 12.6. The van der Waals surface area contributed by atoms with Crippen LogP contribution < -0.4 is 10.6 Å². The number of anilines is 2. The Morgan fingerprint density at radius 1 is 0.900 bits per heavy atom. The van der Waals surface area contributed by atoms with Gasteiger partial charge in [-0.3, -0.25) is 9.59 Å². The molecule has 0 spiro atoms. The van der Waals surface area contributed by atoms with E-state index in [-0.39, 0.29) is 21.5 Å². The lowest BCUT2D eigenvalue weighted by Gasteiger charge is -2.08. The van der Waals surface area contributed by atoms with Crippen molar-refractivity contribution in [3.8, 4) is 11.4 Å². The summed E-state index contributed by atoms with van der Waals surface area (Å²) < 4.78 is 0. The van der Waals surface area contributed by atoms with Gasteiger partial charge in [-0.1, -0.05) is 29.3 Å². The van der Waals surface area contributed by atoms with Gasteiger partial charge in [-0.2, -0.15) is 0 Å². The fourth-order valence-electron chi connectivity index (χ4n) is 3.05. The Labute approximate surface area is 182 Å². The van der Waals surface area contributed by atoms with E-state index in [4.69, 9.17) is 23.2 Å². The van der Waals surface area contributed by atoms with Crippen LogP contribution >= 0.6 is 23.2 Å². The number of imidazole rings is 1. The van der Waals surface area contributed by atoms with Crippen molar-refractivity contribution in [3.05, 3.63) is 76.3 Å². The largest absolute Gasteiger partial charge is 0.338 e. The van der Waals surface area contributed by atoms with Crippen molar-refractivity contribution in [2.24, 2.45) is 0 Å². The quantitative estimate of drug-likeness (QED) is 0.379. The molecular weight excluding hydrogens is 423 g/mol. The third-order valence-corrected chi connectivity index (χ3v) is 5.04. The van der Waals surface area contributed by atoms with Crippen molar-refractivity contribution in [2.75, 3.05) is 10.6 Å². The lowest BCUT2D eigenvalue weighted by atomic mass is 10.2. The molecule has 0 atom stereocenters. The van der Waals surface area contributed by atoms with Crippen LogP contribution in [0, 0.1) is 0 Å². The average molecular weight is 439 g/mol. The average Bonchev–Trinajstić information content (AvgIpc) is 3.11. The topological polar surface area (TPSA) is 86.9 Å². The number of aromatic nitrogens is 2. The fraction of sp³-hybridized carbons (Fsp3) is 0.0455. The highest BCUT2D eigenvalue weighted by Gasteiger charge is 2.15. The molecule has 0 unspecified atom stereocenters. The number of amides is 2. The number of halogens is 2. The molecular formula is C22H16Cl2N4O2. The first-order chi connectivity index (χ1) is 14.4. The van der Waals surface area contributed by atoms with Gasteiger partial charge in [-0.05, 0) is 54.6 Å². The molecule has 0 fully saturated rings. The number of carbonyl (C=O) groups is 2. The van der Waals surface area contributed by atoms with Gasteiger partial charge in [0.2, 0.25) is 5.91 Å². The minimum Gasteiger partial charge on any atom is -0.338 e. The highest BCUT2D eigenvalue weighted by atomic mass is 35.5. The van der Waals surface area contributed by atoms with E-state index in [1.807, 2.05) is 30.3 Å². The smallest absolute Gasteiger partial charge is 0.258 e. The van der Waals surface area contributed by atoms with Gasteiger partial charge in [0, 0.05) is 23.9 Å². The normalized spacial score (nSPS) is 10.8. The van der Waals surface area contributed by atoms with Crippen LogP contribution in [-0.2, 0) is 4.79 Å². The van der Waals surface area contributed by atoms with Crippen molar-refractivity contribution in [1.29, 1.82) is 0 Å². The molecule has 0 aliphatic carbocycles. The number of fused-ring (bicyclic) bond motifs is 1. The number of aromatic amines is 1. The predicted molar refractivity (Wildman–Crippen MR) is 120 cm³/mol. The predicted octanol–water partition coefficient (Wildman–Crippen LogP) is 5.75. The monoisotopic (exact) mass is 438 g/mol. The summed E-state index contributed by atoms with van der Waals surface area (Å²) in [6.45, 7) is 1.46. The van der Waals surface area contributed by atoms with E-state index >= 15 is 0 Å². The minimum absolute atomic E-state index is 0.126. The Morgan fingerprint density at radius 3 is 2.23 bits per heavy atom. The number of hydrogen-bond donors (Lipinski definition) is 3. The van der Waals surface area contributed by atoms with Gasteiger partial charge < -0.3 is 15.6 Å². The minimum atomic E-state index is -0.391. The second-order valence-corrected chi connectivity index (χ2v) is 7.44. The van der Waals surface area contributed by atoms with Gasteiger partial charge in [-0.15, -0.1) is 0 Å². The maximum Gasteiger partial charge on any atom is 0.258 e. The Balaban J connectivity index is 1.58. The Morgan fingerprint density at radius 2 is 1.57 bits per heavy atom. The highest BCUT2D eigenvalue weighted by molar-refractivity contribution is 6.40. The molecule has 0 saturated heterocycles. The van der Waals surface area contributed by atoms with E-state index in [0.717, 1.165) is 16.6 Å². The molecule has 0 bridgehead atoms. The van der Waals surface area contributed by atoms with Gasteiger partial charge in [-0.25, -0.2) is 4.98 Å². The number of H-pyrrole nitrogens is 1. The van der Waals surface area contributed by atoms with Crippen molar-refractivity contribution in [2.45, 2.75) is 6.92 Å². The number of nitrogens with zero attached hydrogens (tertiary/aromatic N) is 1. The van der Waals surface area contributed by atoms with Crippen LogP contribution in [0.5, 0.6) is 0 Å². The summed E-state index contributed by atoms with van der Waals surface area (Å²) in [6.07, 6.45) is 0. The molecule has 0 radical (unpaired) electrons. The molecule has 2 amide bonds. The van der Waals surface area contributed by atoms with Crippen LogP contribution in [0.25, 0.3) is 22.4 Å². The molecule has 3 aromatic carbocycles. The van der Waals surface area contributed by atoms with Crippen molar-refractivity contribution >= 4 is 57.4 Å². The maximum absolute atomic E-state index is 12.6. The Bertz CT molecular complexity index is 1250. The second-order valence-electron chi connectivity index (χ2n) is 6.63. The van der Waals surface area contributed by atoms with E-state index in [9.17, 15) is 9.59 Å². The molecule has 4 aromatic rings. The molecule has 0 aliphatic heterocycles. The molecule has 1 heterocycles. The summed E-state index contributed by atoms with van der Waals surface area (Å²) in [5.74, 6) is 0.161. The summed E-state index contributed by atoms with van der Waals surface area (Å²) in [5.41, 5.74) is 3.91. The first kappa shape index (κ1) is 19.9. The molecule has 0 saturated carbocycles. The molecule has 30 heavy (non-hydrogen) atoms. The van der Waals surface area contributed by atoms with Crippen LogP contribution in [0.4, 0.5) is 11.4 Å². The zero-order chi connectivity index (χ0) is 21.3. The van der Waals surface area contributed by atoms with Gasteiger partial charge in [0.25, 0.3) is 5.91 Å². The molecule has 3 N–H and O–H groups in total. The fourth-order valence-corrected chi connectivity index (χ4v) is 3.62. The van der Waals surface area contributed by atoms with Crippen LogP contribution in [0.2, 0.25) is 10.0 Å². The number of rotatable bonds is 4. The second kappa shape index (κ2) is 8.18. The zero-order valence-corrected chi connectivity index (χ0v) is 17.3. The van der Waals surface area contributed by atoms with Crippen LogP contribution in [0.1, 0.15) is 17.3 Å². The third kappa shape index (κ3) is 4.15. The first-order valence-corrected chi connectivity index (χ1v) is 9.79. The number of hydrogen-bond acceptors (Lipinski definition) is 3. The van der Waals surface area contributed by atoms with Gasteiger partial charge in [0.05, 0.1) is 26.6 Å². The Hall–Kier alpha value is -3.35. The number of benzene rings is 3. The van der Waals surface area contributed by atoms with Crippen LogP contribution in [0.15, 0.2) is 60.7 Å². The summed E-state index contributed by atoms with van der Waals surface area (Å²) >= 11 is 12.2. The van der Waals surface area contributed by atoms with E-state index in [2.05, 4.69) is 20.6 Å². The molecule has 1 aromatic heterocycles. The number of nitrogens with one attached hydrogen (secondary N) is 3. The van der Waals surface area contributed by atoms with Crippen molar-refractivity contribution < 1.29 is 9.59 Å². The molecule has 8 heteroatoms. The van der Waals surface area contributed by atoms with Gasteiger partial charge in [0.15, 0.2) is 0 Å². The zero-order valence-electron chi connectivity index (χ0n) is 15.8. The molecule has 4 rings (SSSR count). The summed E-state index contributed by atoms with van der Waals surface area (Å²) in [4.78, 5) is 31.6. The molecule has 6 nitrogen and oxygen atoms in total. The van der Waals surface area contributed by atoms with Gasteiger partial charge in [0.1, 0.15) is 5.82 Å². The molecule has 150 valence electrons. The summed E-state index contributed by atoms with van der Waals surface area (Å²) in [6, 6.07) is 17.6. The van der Waals surface area contributed by atoms with E-state index in [1.54, 1.807) is 30.3 Å². The summed E-state index contributed by atoms with van der Waals surface area (Å²) in [7, 11) is 0. The highest BCUT2D eigenvalue weighted by Crippen LogP contribution is 2.27. The lowest BCUT2D eigenvalue weighted by Crippen LogP contribution is -2.13. The van der Waals surface area contributed by atoms with Gasteiger partial charge >= 0.3 is 0 Å². The number of carbonyl (C=O) groups excluding carboxylic acids is 2. The van der Waals surface area contributed by atoms with Crippen LogP contribution in [0.3, 0.4) is 0 Å². The van der Waals surface area contributed by atoms with Crippen molar-refractivity contribution in [1.82, 2.24) is 9.97 Å². The Kier molecular flexibility index (Phi) is 5.44. The third-order valence-electron chi connectivity index (χ3n) is 4.41. The summed E-state index contributed by atoms with van der Waals surface area (Å²) in [5, 5.41) is 6.11. The van der Waals surface area contributed by atoms with E-state index in [0.29, 0.717) is 17.2 Å². The SMILES string of the molecule is CC(=O)Nc1ccc(-c2nc3ccc(NC(=O)c4c(Cl)cccc4Cl)cc3[nH]2)cc1. The van der Waals surface area contributed by atoms with Crippen molar-refractivity contribution in [3.63, 3.8) is 0 Å². The van der Waals surface area contributed by atoms with E-state index < -0.39 is 5.91 Å². The first-order valence-electron chi connectivity index (χ1n) is 9.04. The standard InChI is InChI=1S/C22H16Cl2N4O2/c1-12(29)25-14-7-5-13(6-8-14)21-27-18-10-9-15(11-19(18)28-21)26-22(30)20-16(23)3-2-4-17(20)24/h2-11H,1H3,(H,25,29)(H,26,30)(H,27,28). The van der Waals surface area contributed by atoms with E-state index in [1.165, 1.54) is 6.92 Å². The van der Waals surface area contributed by atoms with Crippen LogP contribution in [-0.4, -0.2) is 21.8 Å². The lowest BCUT2D eigenvalue weighted by molar-refractivity contribution is -0.114.